The second kappa shape index (κ2) is 9.34. The van der Waals surface area contributed by atoms with E-state index >= 15 is 0 Å². The zero-order chi connectivity index (χ0) is 17.5. The van der Waals surface area contributed by atoms with Gasteiger partial charge in [0.2, 0.25) is 5.91 Å². The van der Waals surface area contributed by atoms with Crippen LogP contribution in [0.3, 0.4) is 0 Å². The molecule has 1 atom stereocenters. The quantitative estimate of drug-likeness (QED) is 0.761. The average molecular weight is 379 g/mol. The summed E-state index contributed by atoms with van der Waals surface area (Å²) >= 11 is 7.70. The van der Waals surface area contributed by atoms with Crippen LogP contribution >= 0.6 is 22.9 Å². The van der Waals surface area contributed by atoms with Crippen LogP contribution in [0, 0.1) is 0 Å². The van der Waals surface area contributed by atoms with E-state index in [2.05, 4.69) is 21.7 Å². The molecule has 0 bridgehead atoms. The summed E-state index contributed by atoms with van der Waals surface area (Å²) in [5.41, 5.74) is 1.00. The van der Waals surface area contributed by atoms with E-state index in [4.69, 9.17) is 16.3 Å². The topological polar surface area (TPSA) is 41.6 Å². The Morgan fingerprint density at radius 3 is 3.00 bits per heavy atom. The molecule has 0 radical (unpaired) electrons. The first-order valence-corrected chi connectivity index (χ1v) is 9.82. The molecule has 6 heteroatoms. The number of carbonyl (C=O) groups is 1. The van der Waals surface area contributed by atoms with Crippen molar-refractivity contribution in [2.45, 2.75) is 32.0 Å². The summed E-state index contributed by atoms with van der Waals surface area (Å²) in [4.78, 5) is 15.8. The van der Waals surface area contributed by atoms with Gasteiger partial charge in [-0.15, -0.1) is 11.3 Å². The zero-order valence-electron chi connectivity index (χ0n) is 14.1. The number of hydrogen-bond donors (Lipinski definition) is 1. The fraction of sp³-hybridized carbons (Fsp3) is 0.421. The van der Waals surface area contributed by atoms with Gasteiger partial charge in [-0.2, -0.15) is 0 Å². The SMILES string of the molecule is O=C(CN(Cc1cccs1)C[C@H]1CCCO1)NCc1cccc(Cl)c1. The zero-order valence-corrected chi connectivity index (χ0v) is 15.7. The molecule has 1 saturated heterocycles. The maximum absolute atomic E-state index is 12.4. The molecule has 1 aliphatic rings. The third kappa shape index (κ3) is 6.12. The Balaban J connectivity index is 1.53. The number of nitrogens with one attached hydrogen (secondary N) is 1. The lowest BCUT2D eigenvalue weighted by Crippen LogP contribution is -2.40. The first-order valence-electron chi connectivity index (χ1n) is 8.56. The Morgan fingerprint density at radius 2 is 2.28 bits per heavy atom. The largest absolute Gasteiger partial charge is 0.377 e. The maximum Gasteiger partial charge on any atom is 0.234 e. The molecular weight excluding hydrogens is 356 g/mol. The van der Waals surface area contributed by atoms with E-state index in [0.29, 0.717) is 18.1 Å². The third-order valence-electron chi connectivity index (χ3n) is 4.19. The molecule has 3 rings (SSSR count). The Hall–Kier alpha value is -1.40. The van der Waals surface area contributed by atoms with Crippen LogP contribution in [0.1, 0.15) is 23.3 Å². The van der Waals surface area contributed by atoms with Gasteiger partial charge in [-0.1, -0.05) is 29.8 Å². The van der Waals surface area contributed by atoms with E-state index in [0.717, 1.165) is 38.1 Å². The number of benzene rings is 1. The molecule has 0 unspecified atom stereocenters. The summed E-state index contributed by atoms with van der Waals surface area (Å²) in [6.07, 6.45) is 2.42. The van der Waals surface area contributed by atoms with E-state index < -0.39 is 0 Å². The lowest BCUT2D eigenvalue weighted by Gasteiger charge is -2.24. The molecular formula is C19H23ClN2O2S. The molecule has 1 amide bonds. The Kier molecular flexibility index (Phi) is 6.87. The van der Waals surface area contributed by atoms with Gasteiger partial charge in [0.1, 0.15) is 0 Å². The van der Waals surface area contributed by atoms with Crippen molar-refractivity contribution >= 4 is 28.8 Å². The number of nitrogens with zero attached hydrogens (tertiary/aromatic N) is 1. The highest BCUT2D eigenvalue weighted by Gasteiger charge is 2.21. The van der Waals surface area contributed by atoms with Gasteiger partial charge in [-0.25, -0.2) is 0 Å². The number of hydrogen-bond acceptors (Lipinski definition) is 4. The molecule has 134 valence electrons. The molecule has 0 aliphatic carbocycles. The van der Waals surface area contributed by atoms with Gasteiger partial charge in [0, 0.05) is 36.1 Å². The highest BCUT2D eigenvalue weighted by molar-refractivity contribution is 7.09. The number of thiophene rings is 1. The number of amides is 1. The molecule has 1 N–H and O–H groups in total. The summed E-state index contributed by atoms with van der Waals surface area (Å²) in [5.74, 6) is 0.0227. The van der Waals surface area contributed by atoms with Crippen molar-refractivity contribution in [3.63, 3.8) is 0 Å². The highest BCUT2D eigenvalue weighted by Crippen LogP contribution is 2.17. The summed E-state index contributed by atoms with van der Waals surface area (Å²) in [6, 6.07) is 11.7. The summed E-state index contributed by atoms with van der Waals surface area (Å²) in [5, 5.41) is 5.74. The van der Waals surface area contributed by atoms with E-state index in [1.165, 1.54) is 4.88 Å². The second-order valence-electron chi connectivity index (χ2n) is 6.29. The van der Waals surface area contributed by atoms with E-state index in [-0.39, 0.29) is 12.0 Å². The number of halogens is 1. The monoisotopic (exact) mass is 378 g/mol. The summed E-state index contributed by atoms with van der Waals surface area (Å²) in [7, 11) is 0. The fourth-order valence-electron chi connectivity index (χ4n) is 2.99. The van der Waals surface area contributed by atoms with Gasteiger partial charge in [-0.05, 0) is 42.0 Å². The predicted octanol–water partition coefficient (Wildman–Crippen LogP) is 3.70. The Bertz CT molecular complexity index is 672. The van der Waals surface area contributed by atoms with Crippen LogP contribution in [0.5, 0.6) is 0 Å². The second-order valence-corrected chi connectivity index (χ2v) is 7.76. The van der Waals surface area contributed by atoms with Gasteiger partial charge in [0.05, 0.1) is 12.6 Å². The van der Waals surface area contributed by atoms with Crippen LogP contribution in [0.2, 0.25) is 5.02 Å². The lowest BCUT2D eigenvalue weighted by molar-refractivity contribution is -0.122. The number of ether oxygens (including phenoxy) is 1. The Labute approximate surface area is 157 Å². The first-order chi connectivity index (χ1) is 12.2. The summed E-state index contributed by atoms with van der Waals surface area (Å²) < 4.78 is 5.74. The normalized spacial score (nSPS) is 17.1. The highest BCUT2D eigenvalue weighted by atomic mass is 35.5. The number of rotatable bonds is 8. The first kappa shape index (κ1) is 18.4. The van der Waals surface area contributed by atoms with Gasteiger partial charge in [0.15, 0.2) is 0 Å². The Morgan fingerprint density at radius 1 is 1.36 bits per heavy atom. The van der Waals surface area contributed by atoms with E-state index in [1.54, 1.807) is 11.3 Å². The minimum atomic E-state index is 0.0227. The standard InChI is InChI=1S/C19H23ClN2O2S/c20-16-5-1-4-15(10-16)11-21-19(23)14-22(12-17-6-2-8-24-17)13-18-7-3-9-25-18/h1,3-5,7,9-10,17H,2,6,8,11-14H2,(H,21,23)/t17-/m1/s1. The fourth-order valence-corrected chi connectivity index (χ4v) is 3.95. The molecule has 1 aromatic carbocycles. The van der Waals surface area contributed by atoms with Crippen LogP contribution in [-0.4, -0.2) is 36.6 Å². The minimum absolute atomic E-state index is 0.0227. The van der Waals surface area contributed by atoms with Crippen molar-refractivity contribution in [1.82, 2.24) is 10.2 Å². The van der Waals surface area contributed by atoms with Gasteiger partial charge in [-0.3, -0.25) is 9.69 Å². The van der Waals surface area contributed by atoms with Gasteiger partial charge < -0.3 is 10.1 Å². The smallest absolute Gasteiger partial charge is 0.234 e. The molecule has 2 heterocycles. The van der Waals surface area contributed by atoms with Crippen molar-refractivity contribution < 1.29 is 9.53 Å². The van der Waals surface area contributed by atoms with Gasteiger partial charge in [0.25, 0.3) is 0 Å². The lowest BCUT2D eigenvalue weighted by atomic mass is 10.2. The average Bonchev–Trinajstić information content (AvgIpc) is 3.27. The molecule has 2 aromatic rings. The summed E-state index contributed by atoms with van der Waals surface area (Å²) in [6.45, 7) is 3.27. The molecule has 25 heavy (non-hydrogen) atoms. The molecule has 1 fully saturated rings. The minimum Gasteiger partial charge on any atom is -0.377 e. The van der Waals surface area contributed by atoms with Crippen molar-refractivity contribution in [3.05, 3.63) is 57.2 Å². The van der Waals surface area contributed by atoms with Crippen molar-refractivity contribution in [2.24, 2.45) is 0 Å². The molecule has 0 saturated carbocycles. The molecule has 1 aliphatic heterocycles. The third-order valence-corrected chi connectivity index (χ3v) is 5.29. The van der Waals surface area contributed by atoms with Gasteiger partial charge >= 0.3 is 0 Å². The van der Waals surface area contributed by atoms with Crippen molar-refractivity contribution in [1.29, 1.82) is 0 Å². The van der Waals surface area contributed by atoms with E-state index in [1.807, 2.05) is 30.3 Å². The van der Waals surface area contributed by atoms with Crippen LogP contribution < -0.4 is 5.32 Å². The number of carbonyl (C=O) groups excluding carboxylic acids is 1. The van der Waals surface area contributed by atoms with E-state index in [9.17, 15) is 4.79 Å². The van der Waals surface area contributed by atoms with Crippen LogP contribution in [0.25, 0.3) is 0 Å². The molecule has 1 aromatic heterocycles. The van der Waals surface area contributed by atoms with Crippen LogP contribution in [0.4, 0.5) is 0 Å². The molecule has 0 spiro atoms. The maximum atomic E-state index is 12.4. The van der Waals surface area contributed by atoms with Crippen LogP contribution in [-0.2, 0) is 22.6 Å². The van der Waals surface area contributed by atoms with Crippen molar-refractivity contribution in [2.75, 3.05) is 19.7 Å². The van der Waals surface area contributed by atoms with Crippen LogP contribution in [0.15, 0.2) is 41.8 Å². The predicted molar refractivity (Wildman–Crippen MR) is 102 cm³/mol. The molecule has 4 nitrogen and oxygen atoms in total. The van der Waals surface area contributed by atoms with Crippen molar-refractivity contribution in [3.8, 4) is 0 Å².